The van der Waals surface area contributed by atoms with Gasteiger partial charge < -0.3 is 14.5 Å². The Morgan fingerprint density at radius 1 is 1.13 bits per heavy atom. The van der Waals surface area contributed by atoms with Gasteiger partial charge in [0, 0.05) is 56.2 Å². The summed E-state index contributed by atoms with van der Waals surface area (Å²) in [5.74, 6) is 1.01. The van der Waals surface area contributed by atoms with Crippen molar-refractivity contribution >= 4 is 56.7 Å². The lowest BCUT2D eigenvalue weighted by atomic mass is 10.1. The number of carbonyl (C=O) groups excluding carboxylic acids is 2. The summed E-state index contributed by atoms with van der Waals surface area (Å²) in [4.78, 5) is 32.8. The molecule has 1 fully saturated rings. The van der Waals surface area contributed by atoms with Crippen LogP contribution >= 0.6 is 23.1 Å². The number of hydrogen-bond acceptors (Lipinski definition) is 7. The minimum absolute atomic E-state index is 0. The number of anilines is 2. The van der Waals surface area contributed by atoms with E-state index in [-0.39, 0.29) is 20.1 Å². The van der Waals surface area contributed by atoms with Crippen molar-refractivity contribution in [3.8, 4) is 0 Å². The van der Waals surface area contributed by atoms with E-state index in [0.717, 1.165) is 61.8 Å². The number of aromatic nitrogens is 1. The van der Waals surface area contributed by atoms with Crippen LogP contribution in [0.15, 0.2) is 36.4 Å². The zero-order chi connectivity index (χ0) is 25.9. The first-order valence-electron chi connectivity index (χ1n) is 12.8. The van der Waals surface area contributed by atoms with E-state index in [0.29, 0.717) is 24.5 Å². The van der Waals surface area contributed by atoms with Crippen LogP contribution < -0.4 is 9.80 Å². The fourth-order valence-corrected chi connectivity index (χ4v) is 6.08. The highest BCUT2D eigenvalue weighted by atomic mass is 35.5. The van der Waals surface area contributed by atoms with Crippen molar-refractivity contribution in [2.75, 3.05) is 62.3 Å². The van der Waals surface area contributed by atoms with Gasteiger partial charge in [0.1, 0.15) is 5.82 Å². The quantitative estimate of drug-likeness (QED) is 0.375. The molecular weight excluding hydrogens is 522 g/mol. The Morgan fingerprint density at radius 3 is 2.61 bits per heavy atom. The monoisotopic (exact) mass is 557 g/mol. The summed E-state index contributed by atoms with van der Waals surface area (Å²) in [7, 11) is 0. The van der Waals surface area contributed by atoms with Crippen molar-refractivity contribution in [2.24, 2.45) is 0 Å². The molecule has 0 N–H and O–H groups in total. The normalized spacial score (nSPS) is 15.5. The average molecular weight is 558 g/mol. The Balaban J connectivity index is 0.00000336. The van der Waals surface area contributed by atoms with Crippen LogP contribution in [0.25, 0.3) is 10.1 Å². The average Bonchev–Trinajstić information content (AvgIpc) is 3.47. The topological polar surface area (TPSA) is 69.2 Å². The molecule has 2 amide bonds. The van der Waals surface area contributed by atoms with Crippen LogP contribution in [-0.4, -0.2) is 78.7 Å². The highest BCUT2D eigenvalue weighted by Gasteiger charge is 2.30. The molecule has 0 spiro atoms. The van der Waals surface area contributed by atoms with E-state index >= 15 is 0 Å². The van der Waals surface area contributed by atoms with Gasteiger partial charge in [0.25, 0.3) is 0 Å². The Hall–Kier alpha value is -2.88. The number of nitrogens with zero attached hydrogens (tertiary/aromatic N) is 5. The highest BCUT2D eigenvalue weighted by Crippen LogP contribution is 2.34. The molecule has 10 heteroatoms. The number of ether oxygens (including phenoxy) is 1. The molecule has 204 valence electrons. The molecule has 1 aromatic heterocycles. The molecule has 1 saturated heterocycles. The van der Waals surface area contributed by atoms with Crippen LogP contribution in [0, 0.1) is 0 Å². The van der Waals surface area contributed by atoms with Crippen molar-refractivity contribution in [1.82, 2.24) is 14.2 Å². The van der Waals surface area contributed by atoms with Crippen LogP contribution in [0.4, 0.5) is 16.3 Å². The third kappa shape index (κ3) is 5.75. The SMILES string of the molecule is C.CCN(CC)C(=O)OCN1C(=O)Cc2cc(CCN3CCN(c4nsc5ccccc45)CC3)c(Cl)cc21. The van der Waals surface area contributed by atoms with Gasteiger partial charge in [-0.3, -0.25) is 14.6 Å². The molecule has 3 heterocycles. The van der Waals surface area contributed by atoms with Gasteiger partial charge >= 0.3 is 6.09 Å². The van der Waals surface area contributed by atoms with Gasteiger partial charge in [0.15, 0.2) is 6.73 Å². The van der Waals surface area contributed by atoms with Crippen LogP contribution in [-0.2, 0) is 22.4 Å². The number of fused-ring (bicyclic) bond motifs is 2. The third-order valence-corrected chi connectivity index (χ3v) is 8.42. The Bertz CT molecular complexity index is 1290. The van der Waals surface area contributed by atoms with Crippen molar-refractivity contribution in [1.29, 1.82) is 0 Å². The summed E-state index contributed by atoms with van der Waals surface area (Å²) in [5, 5.41) is 1.87. The number of rotatable bonds is 8. The molecular formula is C28H36ClN5O3S. The largest absolute Gasteiger partial charge is 0.428 e. The maximum absolute atomic E-state index is 12.7. The van der Waals surface area contributed by atoms with E-state index in [1.807, 2.05) is 26.0 Å². The van der Waals surface area contributed by atoms with Gasteiger partial charge in [0.2, 0.25) is 5.91 Å². The third-order valence-electron chi connectivity index (χ3n) is 7.25. The van der Waals surface area contributed by atoms with E-state index in [4.69, 9.17) is 20.7 Å². The minimum Gasteiger partial charge on any atom is -0.428 e. The van der Waals surface area contributed by atoms with E-state index in [1.165, 1.54) is 15.0 Å². The zero-order valence-corrected chi connectivity index (χ0v) is 22.9. The van der Waals surface area contributed by atoms with Gasteiger partial charge in [-0.2, -0.15) is 4.37 Å². The smallest absolute Gasteiger partial charge is 0.411 e. The van der Waals surface area contributed by atoms with Gasteiger partial charge in [-0.1, -0.05) is 37.2 Å². The first kappa shape index (κ1) is 28.1. The number of piperazine rings is 1. The molecule has 2 aromatic carbocycles. The van der Waals surface area contributed by atoms with E-state index in [2.05, 4.69) is 34.1 Å². The van der Waals surface area contributed by atoms with Gasteiger partial charge in [-0.05, 0) is 61.1 Å². The first-order chi connectivity index (χ1) is 18.0. The molecule has 0 radical (unpaired) electrons. The summed E-state index contributed by atoms with van der Waals surface area (Å²) in [5.41, 5.74) is 2.71. The Morgan fingerprint density at radius 2 is 1.87 bits per heavy atom. The highest BCUT2D eigenvalue weighted by molar-refractivity contribution is 7.13. The number of amides is 2. The van der Waals surface area contributed by atoms with Crippen LogP contribution in [0.3, 0.4) is 0 Å². The molecule has 3 aromatic rings. The molecule has 0 aliphatic carbocycles. The maximum Gasteiger partial charge on any atom is 0.411 e. The molecule has 2 aliphatic rings. The van der Waals surface area contributed by atoms with E-state index in [9.17, 15) is 9.59 Å². The molecule has 0 bridgehead atoms. The maximum atomic E-state index is 12.7. The van der Waals surface area contributed by atoms with Crippen LogP contribution in [0.5, 0.6) is 0 Å². The standard InChI is InChI=1S/C27H32ClN5O3S.CH4/c1-3-31(4-2)27(35)36-18-33-23-17-22(28)19(15-20(23)16-25(33)34)9-10-30-11-13-32(14-12-30)26-21-7-5-6-8-24(21)37-29-26;/h5-8,15,17H,3-4,9-14,16,18H2,1-2H3;1H4. The molecule has 0 atom stereocenters. The summed E-state index contributed by atoms with van der Waals surface area (Å²) < 4.78 is 11.3. The van der Waals surface area contributed by atoms with E-state index < -0.39 is 6.09 Å². The van der Waals surface area contributed by atoms with Crippen molar-refractivity contribution < 1.29 is 14.3 Å². The number of benzene rings is 2. The van der Waals surface area contributed by atoms with Gasteiger partial charge in [-0.25, -0.2) is 4.79 Å². The fourth-order valence-electron chi connectivity index (χ4n) is 5.03. The molecule has 0 unspecified atom stereocenters. The predicted octanol–water partition coefficient (Wildman–Crippen LogP) is 5.28. The second-order valence-electron chi connectivity index (χ2n) is 9.36. The summed E-state index contributed by atoms with van der Waals surface area (Å²) >= 11 is 8.22. The number of halogens is 1. The Kier molecular flexibility index (Phi) is 9.12. The number of carbonyl (C=O) groups is 2. The second-order valence-corrected chi connectivity index (χ2v) is 10.6. The van der Waals surface area contributed by atoms with E-state index in [1.54, 1.807) is 16.4 Å². The summed E-state index contributed by atoms with van der Waals surface area (Å²) in [6.45, 7) is 9.55. The lowest BCUT2D eigenvalue weighted by molar-refractivity contribution is -0.118. The lowest BCUT2D eigenvalue weighted by Gasteiger charge is -2.35. The first-order valence-corrected chi connectivity index (χ1v) is 14.0. The van der Waals surface area contributed by atoms with Crippen molar-refractivity contribution in [3.63, 3.8) is 0 Å². The van der Waals surface area contributed by atoms with Gasteiger partial charge in [-0.15, -0.1) is 0 Å². The molecule has 2 aliphatic heterocycles. The molecule has 8 nitrogen and oxygen atoms in total. The molecule has 38 heavy (non-hydrogen) atoms. The molecule has 5 rings (SSSR count). The Labute approximate surface area is 233 Å². The summed E-state index contributed by atoms with van der Waals surface area (Å²) in [6, 6.07) is 12.3. The van der Waals surface area contributed by atoms with Crippen LogP contribution in [0.1, 0.15) is 32.4 Å². The zero-order valence-electron chi connectivity index (χ0n) is 21.3. The van der Waals surface area contributed by atoms with Crippen molar-refractivity contribution in [3.05, 3.63) is 52.5 Å². The lowest BCUT2D eigenvalue weighted by Crippen LogP contribution is -2.47. The predicted molar refractivity (Wildman–Crippen MR) is 156 cm³/mol. The van der Waals surface area contributed by atoms with Gasteiger partial charge in [0.05, 0.1) is 16.8 Å². The number of hydrogen-bond donors (Lipinski definition) is 0. The van der Waals surface area contributed by atoms with Crippen molar-refractivity contribution in [2.45, 2.75) is 34.1 Å². The fraction of sp³-hybridized carbons (Fsp3) is 0.464. The minimum atomic E-state index is -0.419. The second kappa shape index (κ2) is 12.3. The van der Waals surface area contributed by atoms with Crippen LogP contribution in [0.2, 0.25) is 5.02 Å². The molecule has 0 saturated carbocycles. The summed E-state index contributed by atoms with van der Waals surface area (Å²) in [6.07, 6.45) is 0.691.